The van der Waals surface area contributed by atoms with Crippen molar-refractivity contribution in [1.29, 1.82) is 0 Å². The van der Waals surface area contributed by atoms with Crippen LogP contribution in [0.25, 0.3) is 22.2 Å². The average Bonchev–Trinajstić information content (AvgIpc) is 3.20. The van der Waals surface area contributed by atoms with Gasteiger partial charge in [-0.2, -0.15) is 0 Å². The van der Waals surface area contributed by atoms with Crippen molar-refractivity contribution >= 4 is 33.3 Å². The summed E-state index contributed by atoms with van der Waals surface area (Å²) >= 11 is 1.26. The molecular weight excluding hydrogens is 404 g/mol. The van der Waals surface area contributed by atoms with E-state index in [9.17, 15) is 14.4 Å². The van der Waals surface area contributed by atoms with E-state index in [-0.39, 0.29) is 0 Å². The third kappa shape index (κ3) is 4.01. The molecule has 2 heterocycles. The van der Waals surface area contributed by atoms with Crippen LogP contribution in [0.1, 0.15) is 6.92 Å². The predicted octanol–water partition coefficient (Wildman–Crippen LogP) is 2.85. The summed E-state index contributed by atoms with van der Waals surface area (Å²) in [4.78, 5) is 44.2. The first-order valence-corrected chi connectivity index (χ1v) is 10.1. The molecule has 0 aliphatic rings. The molecule has 2 aromatic carbocycles. The Bertz CT molecular complexity index is 1320. The van der Waals surface area contributed by atoms with Gasteiger partial charge in [0.15, 0.2) is 5.13 Å². The van der Waals surface area contributed by atoms with Crippen LogP contribution in [0, 0.1) is 0 Å². The number of hydrogen-bond donors (Lipinski definition) is 2. The lowest BCUT2D eigenvalue weighted by atomic mass is 10.2. The van der Waals surface area contributed by atoms with E-state index in [0.29, 0.717) is 28.3 Å². The van der Waals surface area contributed by atoms with Crippen LogP contribution < -0.4 is 21.3 Å². The summed E-state index contributed by atoms with van der Waals surface area (Å²) in [7, 11) is 0. The van der Waals surface area contributed by atoms with Crippen molar-refractivity contribution in [2.75, 3.05) is 11.9 Å². The Labute approximate surface area is 174 Å². The van der Waals surface area contributed by atoms with Crippen LogP contribution >= 0.6 is 11.3 Å². The minimum atomic E-state index is -0.636. The number of nitrogens with zero attached hydrogens (tertiary/aromatic N) is 2. The van der Waals surface area contributed by atoms with E-state index in [2.05, 4.69) is 15.3 Å². The molecular formula is C21H18N4O4S. The Morgan fingerprint density at radius 1 is 1.17 bits per heavy atom. The molecule has 8 nitrogen and oxygen atoms in total. The lowest BCUT2D eigenvalue weighted by Crippen LogP contribution is -2.38. The van der Waals surface area contributed by atoms with E-state index in [0.717, 1.165) is 15.9 Å². The molecule has 30 heavy (non-hydrogen) atoms. The van der Waals surface area contributed by atoms with Crippen molar-refractivity contribution in [2.24, 2.45) is 0 Å². The Morgan fingerprint density at radius 2 is 1.93 bits per heavy atom. The molecule has 152 valence electrons. The van der Waals surface area contributed by atoms with Crippen LogP contribution in [0.3, 0.4) is 0 Å². The largest absolute Gasteiger partial charge is 0.494 e. The maximum absolute atomic E-state index is 12.5. The van der Waals surface area contributed by atoms with Gasteiger partial charge in [0.2, 0.25) is 5.91 Å². The van der Waals surface area contributed by atoms with Gasteiger partial charge in [0.05, 0.1) is 23.2 Å². The highest BCUT2D eigenvalue weighted by Crippen LogP contribution is 2.26. The van der Waals surface area contributed by atoms with Crippen LogP contribution in [-0.2, 0) is 11.3 Å². The van der Waals surface area contributed by atoms with Gasteiger partial charge >= 0.3 is 5.69 Å². The highest BCUT2D eigenvalue weighted by molar-refractivity contribution is 7.14. The molecule has 1 amide bonds. The summed E-state index contributed by atoms with van der Waals surface area (Å²) in [5.74, 6) is 0.265. The van der Waals surface area contributed by atoms with Crippen molar-refractivity contribution in [3.63, 3.8) is 0 Å². The highest BCUT2D eigenvalue weighted by atomic mass is 32.1. The van der Waals surface area contributed by atoms with Gasteiger partial charge in [0.1, 0.15) is 12.3 Å². The van der Waals surface area contributed by atoms with E-state index in [1.165, 1.54) is 11.3 Å². The lowest BCUT2D eigenvalue weighted by molar-refractivity contribution is -0.116. The number of H-pyrrole nitrogens is 1. The van der Waals surface area contributed by atoms with Crippen LogP contribution in [0.15, 0.2) is 63.5 Å². The molecule has 9 heteroatoms. The van der Waals surface area contributed by atoms with Gasteiger partial charge < -0.3 is 15.0 Å². The van der Waals surface area contributed by atoms with Crippen molar-refractivity contribution in [3.8, 4) is 17.0 Å². The van der Waals surface area contributed by atoms with E-state index in [4.69, 9.17) is 4.74 Å². The number of thiazole rings is 1. The van der Waals surface area contributed by atoms with Crippen molar-refractivity contribution in [1.82, 2.24) is 14.5 Å². The fourth-order valence-electron chi connectivity index (χ4n) is 3.00. The summed E-state index contributed by atoms with van der Waals surface area (Å²) in [6.45, 7) is 2.11. The van der Waals surface area contributed by atoms with E-state index < -0.39 is 23.7 Å². The van der Waals surface area contributed by atoms with E-state index in [1.54, 1.807) is 24.3 Å². The molecule has 0 aliphatic carbocycles. The molecule has 0 saturated carbocycles. The minimum Gasteiger partial charge on any atom is -0.494 e. The fraction of sp³-hybridized carbons (Fsp3) is 0.143. The van der Waals surface area contributed by atoms with Crippen molar-refractivity contribution in [3.05, 3.63) is 74.7 Å². The maximum Gasteiger partial charge on any atom is 0.329 e. The summed E-state index contributed by atoms with van der Waals surface area (Å²) in [6.07, 6.45) is 0. The number of fused-ring (bicyclic) bond motifs is 1. The first-order valence-electron chi connectivity index (χ1n) is 9.25. The second-order valence-corrected chi connectivity index (χ2v) is 7.27. The number of ether oxygens (including phenoxy) is 1. The van der Waals surface area contributed by atoms with Crippen LogP contribution in [0.4, 0.5) is 5.13 Å². The number of benzene rings is 2. The van der Waals surface area contributed by atoms with Gasteiger partial charge in [-0.05, 0) is 43.3 Å². The second-order valence-electron chi connectivity index (χ2n) is 6.41. The zero-order chi connectivity index (χ0) is 21.1. The predicted molar refractivity (Wildman–Crippen MR) is 116 cm³/mol. The molecule has 0 fully saturated rings. The molecule has 0 aliphatic heterocycles. The smallest absolute Gasteiger partial charge is 0.329 e. The number of aromatic amines is 1. The Balaban J connectivity index is 1.50. The van der Waals surface area contributed by atoms with Gasteiger partial charge in [0, 0.05) is 10.9 Å². The first kappa shape index (κ1) is 19.6. The van der Waals surface area contributed by atoms with Crippen LogP contribution in [0.5, 0.6) is 5.75 Å². The molecule has 4 aromatic rings. The molecule has 4 rings (SSSR count). The van der Waals surface area contributed by atoms with Gasteiger partial charge in [0.25, 0.3) is 5.56 Å². The topological polar surface area (TPSA) is 106 Å². The molecule has 2 aromatic heterocycles. The summed E-state index contributed by atoms with van der Waals surface area (Å²) in [5, 5.41) is 5.19. The van der Waals surface area contributed by atoms with Crippen LogP contribution in [0.2, 0.25) is 0 Å². The molecule has 2 N–H and O–H groups in total. The Kier molecular flexibility index (Phi) is 5.44. The number of hydrogen-bond acceptors (Lipinski definition) is 6. The number of amides is 1. The Hall–Kier alpha value is -3.72. The number of nitrogens with one attached hydrogen (secondary N) is 2. The van der Waals surface area contributed by atoms with Crippen molar-refractivity contribution in [2.45, 2.75) is 13.5 Å². The zero-order valence-corrected chi connectivity index (χ0v) is 16.9. The van der Waals surface area contributed by atoms with E-state index in [1.807, 2.05) is 36.6 Å². The molecule has 0 spiro atoms. The SMILES string of the molecule is CCOc1ccc(-c2csc(NC(=O)Cn3c(=O)[nH]c4ccccc4c3=O)n2)cc1. The summed E-state index contributed by atoms with van der Waals surface area (Å²) in [5.41, 5.74) is 0.877. The molecule has 0 radical (unpaired) electrons. The third-order valence-corrected chi connectivity index (χ3v) is 5.16. The number of para-hydroxylation sites is 1. The number of anilines is 1. The average molecular weight is 422 g/mol. The van der Waals surface area contributed by atoms with Gasteiger partial charge in [-0.25, -0.2) is 9.78 Å². The third-order valence-electron chi connectivity index (χ3n) is 4.40. The minimum absolute atomic E-state index is 0.344. The fourth-order valence-corrected chi connectivity index (χ4v) is 3.73. The number of carbonyl (C=O) groups is 1. The Morgan fingerprint density at radius 3 is 2.70 bits per heavy atom. The van der Waals surface area contributed by atoms with E-state index >= 15 is 0 Å². The normalized spacial score (nSPS) is 10.8. The van der Waals surface area contributed by atoms with Gasteiger partial charge in [-0.1, -0.05) is 12.1 Å². The molecule has 0 unspecified atom stereocenters. The van der Waals surface area contributed by atoms with Crippen molar-refractivity contribution < 1.29 is 9.53 Å². The zero-order valence-electron chi connectivity index (χ0n) is 16.0. The first-order chi connectivity index (χ1) is 14.5. The quantitative estimate of drug-likeness (QED) is 0.497. The summed E-state index contributed by atoms with van der Waals surface area (Å²) in [6, 6.07) is 14.2. The number of aromatic nitrogens is 3. The maximum atomic E-state index is 12.5. The standard InChI is InChI=1S/C21H18N4O4S/c1-2-29-14-9-7-13(8-10-14)17-12-30-20(22-17)24-18(26)11-25-19(27)15-5-3-4-6-16(15)23-21(25)28/h3-10,12H,2,11H2,1H3,(H,23,28)(H,22,24,26). The molecule has 0 atom stereocenters. The molecule has 0 bridgehead atoms. The lowest BCUT2D eigenvalue weighted by Gasteiger charge is -2.06. The molecule has 0 saturated heterocycles. The second kappa shape index (κ2) is 8.34. The monoisotopic (exact) mass is 422 g/mol. The highest BCUT2D eigenvalue weighted by Gasteiger charge is 2.13. The number of rotatable bonds is 6. The summed E-state index contributed by atoms with van der Waals surface area (Å²) < 4.78 is 6.30. The van der Waals surface area contributed by atoms with Gasteiger partial charge in [-0.3, -0.25) is 14.2 Å². The number of carbonyl (C=O) groups excluding carboxylic acids is 1. The van der Waals surface area contributed by atoms with Gasteiger partial charge in [-0.15, -0.1) is 11.3 Å². The van der Waals surface area contributed by atoms with Crippen LogP contribution in [-0.4, -0.2) is 27.0 Å².